The summed E-state index contributed by atoms with van der Waals surface area (Å²) in [5.41, 5.74) is 2.63. The van der Waals surface area contributed by atoms with Crippen molar-refractivity contribution in [1.29, 1.82) is 0 Å². The first-order valence-corrected chi connectivity index (χ1v) is 7.21. The van der Waals surface area contributed by atoms with Crippen LogP contribution in [0.1, 0.15) is 35.3 Å². The number of nitrogens with one attached hydrogen (secondary N) is 3. The van der Waals surface area contributed by atoms with Crippen LogP contribution in [0.4, 0.5) is 0 Å². The number of carbonyl (C=O) groups is 3. The van der Waals surface area contributed by atoms with Crippen molar-refractivity contribution < 1.29 is 14.4 Å². The highest BCUT2D eigenvalue weighted by molar-refractivity contribution is 5.97. The van der Waals surface area contributed by atoms with Gasteiger partial charge in [0.05, 0.1) is 13.1 Å². The highest BCUT2D eigenvalue weighted by Crippen LogP contribution is 2.09. The van der Waals surface area contributed by atoms with Crippen LogP contribution in [-0.2, 0) is 9.59 Å². The third kappa shape index (κ3) is 5.95. The Hall–Kier alpha value is -2.37. The van der Waals surface area contributed by atoms with Crippen LogP contribution in [0.3, 0.4) is 0 Å². The van der Waals surface area contributed by atoms with Gasteiger partial charge in [-0.05, 0) is 51.0 Å². The Kier molecular flexibility index (Phi) is 6.56. The normalized spacial score (nSPS) is 10.2. The zero-order valence-electron chi connectivity index (χ0n) is 13.4. The van der Waals surface area contributed by atoms with E-state index >= 15 is 0 Å². The second-order valence-electron chi connectivity index (χ2n) is 5.48. The van der Waals surface area contributed by atoms with Crippen molar-refractivity contribution in [2.45, 2.75) is 33.7 Å². The summed E-state index contributed by atoms with van der Waals surface area (Å²) in [5, 5.41) is 7.64. The number of hydrogen-bond acceptors (Lipinski definition) is 3. The largest absolute Gasteiger partial charge is 0.352 e. The molecule has 0 saturated heterocycles. The zero-order chi connectivity index (χ0) is 16.7. The summed E-state index contributed by atoms with van der Waals surface area (Å²) >= 11 is 0. The Morgan fingerprint density at radius 2 is 1.59 bits per heavy atom. The van der Waals surface area contributed by atoms with Crippen LogP contribution in [0.25, 0.3) is 0 Å². The lowest BCUT2D eigenvalue weighted by Gasteiger charge is -2.10. The molecule has 6 heteroatoms. The molecule has 0 radical (unpaired) electrons. The molecule has 0 aliphatic heterocycles. The average Bonchev–Trinajstić information content (AvgIpc) is 2.44. The maximum absolute atomic E-state index is 11.9. The third-order valence-electron chi connectivity index (χ3n) is 3.07. The Labute approximate surface area is 130 Å². The molecule has 0 aliphatic rings. The molecule has 22 heavy (non-hydrogen) atoms. The monoisotopic (exact) mass is 305 g/mol. The van der Waals surface area contributed by atoms with Crippen LogP contribution in [0.5, 0.6) is 0 Å². The lowest BCUT2D eigenvalue weighted by atomic mass is 10.1. The molecule has 0 spiro atoms. The van der Waals surface area contributed by atoms with Crippen molar-refractivity contribution in [3.05, 3.63) is 34.9 Å². The van der Waals surface area contributed by atoms with Crippen molar-refractivity contribution in [3.8, 4) is 0 Å². The summed E-state index contributed by atoms with van der Waals surface area (Å²) in [6, 6.07) is 5.37. The van der Waals surface area contributed by atoms with E-state index in [1.165, 1.54) is 0 Å². The Morgan fingerprint density at radius 1 is 0.955 bits per heavy atom. The highest BCUT2D eigenvalue weighted by Gasteiger charge is 2.10. The molecule has 0 bridgehead atoms. The SMILES string of the molecule is Cc1ccc(C(=O)NCC(=O)NCC(=O)NC(C)C)cc1C. The molecule has 0 unspecified atom stereocenters. The van der Waals surface area contributed by atoms with Crippen LogP contribution < -0.4 is 16.0 Å². The molecule has 6 nitrogen and oxygen atoms in total. The topological polar surface area (TPSA) is 87.3 Å². The van der Waals surface area contributed by atoms with Gasteiger partial charge in [-0.25, -0.2) is 0 Å². The predicted octanol–water partition coefficient (Wildman–Crippen LogP) is 0.674. The highest BCUT2D eigenvalue weighted by atomic mass is 16.2. The van der Waals surface area contributed by atoms with Gasteiger partial charge in [-0.2, -0.15) is 0 Å². The van der Waals surface area contributed by atoms with Gasteiger partial charge in [0.25, 0.3) is 5.91 Å². The number of rotatable bonds is 6. The second kappa shape index (κ2) is 8.17. The van der Waals surface area contributed by atoms with Crippen molar-refractivity contribution in [3.63, 3.8) is 0 Å². The minimum absolute atomic E-state index is 0.0221. The lowest BCUT2D eigenvalue weighted by Crippen LogP contribution is -2.43. The first-order valence-electron chi connectivity index (χ1n) is 7.21. The summed E-state index contributed by atoms with van der Waals surface area (Å²) in [6.45, 7) is 7.29. The smallest absolute Gasteiger partial charge is 0.251 e. The van der Waals surface area contributed by atoms with E-state index in [1.54, 1.807) is 12.1 Å². The van der Waals surface area contributed by atoms with E-state index in [0.717, 1.165) is 11.1 Å². The maximum atomic E-state index is 11.9. The summed E-state index contributed by atoms with van der Waals surface area (Å²) in [6.07, 6.45) is 0. The van der Waals surface area contributed by atoms with Crippen LogP contribution >= 0.6 is 0 Å². The van der Waals surface area contributed by atoms with Crippen LogP contribution in [0.15, 0.2) is 18.2 Å². The van der Waals surface area contributed by atoms with Crippen LogP contribution in [0, 0.1) is 13.8 Å². The number of carbonyl (C=O) groups excluding carboxylic acids is 3. The molecule has 3 amide bonds. The fourth-order valence-corrected chi connectivity index (χ4v) is 1.76. The van der Waals surface area contributed by atoms with Gasteiger partial charge < -0.3 is 16.0 Å². The third-order valence-corrected chi connectivity index (χ3v) is 3.07. The summed E-state index contributed by atoms with van der Waals surface area (Å²) in [4.78, 5) is 34.9. The fraction of sp³-hybridized carbons (Fsp3) is 0.438. The molecule has 1 aromatic carbocycles. The molecule has 1 aromatic rings. The molecule has 0 saturated carbocycles. The zero-order valence-corrected chi connectivity index (χ0v) is 13.4. The maximum Gasteiger partial charge on any atom is 0.251 e. The van der Waals surface area contributed by atoms with Gasteiger partial charge in [-0.1, -0.05) is 6.07 Å². The molecule has 0 fully saturated rings. The van der Waals surface area contributed by atoms with E-state index in [4.69, 9.17) is 0 Å². The van der Waals surface area contributed by atoms with E-state index < -0.39 is 5.91 Å². The Balaban J connectivity index is 2.38. The van der Waals surface area contributed by atoms with E-state index in [9.17, 15) is 14.4 Å². The molecule has 0 aliphatic carbocycles. The van der Waals surface area contributed by atoms with E-state index in [2.05, 4.69) is 16.0 Å². The number of aryl methyl sites for hydroxylation is 2. The van der Waals surface area contributed by atoms with E-state index in [1.807, 2.05) is 33.8 Å². The summed E-state index contributed by atoms with van der Waals surface area (Å²) < 4.78 is 0. The minimum atomic E-state index is -0.406. The van der Waals surface area contributed by atoms with Gasteiger partial charge >= 0.3 is 0 Å². The molecule has 3 N–H and O–H groups in total. The summed E-state index contributed by atoms with van der Waals surface area (Å²) in [5.74, 6) is -0.982. The standard InChI is InChI=1S/C16H23N3O3/c1-10(2)19-15(21)9-17-14(20)8-18-16(22)13-6-5-11(3)12(4)7-13/h5-7,10H,8-9H2,1-4H3,(H,17,20)(H,18,22)(H,19,21). The Morgan fingerprint density at radius 3 is 2.18 bits per heavy atom. The van der Waals surface area contributed by atoms with Gasteiger partial charge in [-0.3, -0.25) is 14.4 Å². The van der Waals surface area contributed by atoms with E-state index in [-0.39, 0.29) is 30.9 Å². The van der Waals surface area contributed by atoms with Crippen molar-refractivity contribution >= 4 is 17.7 Å². The first kappa shape index (κ1) is 17.7. The van der Waals surface area contributed by atoms with Crippen LogP contribution in [-0.4, -0.2) is 36.9 Å². The molecule has 120 valence electrons. The van der Waals surface area contributed by atoms with Crippen molar-refractivity contribution in [2.75, 3.05) is 13.1 Å². The number of hydrogen-bond donors (Lipinski definition) is 3. The second-order valence-corrected chi connectivity index (χ2v) is 5.48. The van der Waals surface area contributed by atoms with Crippen molar-refractivity contribution in [2.24, 2.45) is 0 Å². The van der Waals surface area contributed by atoms with Crippen molar-refractivity contribution in [1.82, 2.24) is 16.0 Å². The predicted molar refractivity (Wildman–Crippen MR) is 84.5 cm³/mol. The van der Waals surface area contributed by atoms with Gasteiger partial charge in [0, 0.05) is 11.6 Å². The fourth-order valence-electron chi connectivity index (χ4n) is 1.76. The van der Waals surface area contributed by atoms with Gasteiger partial charge in [-0.15, -0.1) is 0 Å². The van der Waals surface area contributed by atoms with Gasteiger partial charge in [0.2, 0.25) is 11.8 Å². The first-order chi connectivity index (χ1) is 10.3. The molecular formula is C16H23N3O3. The molecule has 1 rings (SSSR count). The van der Waals surface area contributed by atoms with Gasteiger partial charge in [0.1, 0.15) is 0 Å². The average molecular weight is 305 g/mol. The van der Waals surface area contributed by atoms with E-state index in [0.29, 0.717) is 5.56 Å². The van der Waals surface area contributed by atoms with Gasteiger partial charge in [0.15, 0.2) is 0 Å². The minimum Gasteiger partial charge on any atom is -0.352 e. The molecular weight excluding hydrogens is 282 g/mol. The molecule has 0 heterocycles. The Bertz CT molecular complexity index is 568. The van der Waals surface area contributed by atoms with Crippen LogP contribution in [0.2, 0.25) is 0 Å². The molecule has 0 atom stereocenters. The number of amides is 3. The summed E-state index contributed by atoms with van der Waals surface area (Å²) in [7, 11) is 0. The lowest BCUT2D eigenvalue weighted by molar-refractivity contribution is -0.125. The molecule has 0 aromatic heterocycles. The number of benzene rings is 1. The quantitative estimate of drug-likeness (QED) is 0.722.